The Hall–Kier alpha value is -3.52. The maximum absolute atomic E-state index is 13.1. The Kier molecular flexibility index (Phi) is 5.33. The maximum Gasteiger partial charge on any atom is 0.262 e. The van der Waals surface area contributed by atoms with Crippen LogP contribution >= 0.6 is 0 Å². The number of benzene rings is 2. The largest absolute Gasteiger partial charge is 0.381 e. The summed E-state index contributed by atoms with van der Waals surface area (Å²) in [5.74, 6) is -2.01. The second kappa shape index (κ2) is 8.08. The molecule has 2 aromatic carbocycles. The van der Waals surface area contributed by atoms with E-state index in [2.05, 4.69) is 10.6 Å². The van der Waals surface area contributed by atoms with Gasteiger partial charge < -0.3 is 11.1 Å². The van der Waals surface area contributed by atoms with Gasteiger partial charge in [-0.3, -0.25) is 29.4 Å². The molecule has 0 radical (unpaired) electrons. The summed E-state index contributed by atoms with van der Waals surface area (Å²) in [6.45, 7) is 0.903. The number of anilines is 1. The third-order valence-electron chi connectivity index (χ3n) is 5.40. The van der Waals surface area contributed by atoms with Crippen molar-refractivity contribution in [3.63, 3.8) is 0 Å². The number of fused-ring (bicyclic) bond motifs is 1. The van der Waals surface area contributed by atoms with E-state index in [1.807, 2.05) is 24.3 Å². The van der Waals surface area contributed by atoms with E-state index in [4.69, 9.17) is 5.73 Å². The van der Waals surface area contributed by atoms with Gasteiger partial charge in [0.05, 0.1) is 11.1 Å². The Morgan fingerprint density at radius 3 is 2.63 bits per heavy atom. The van der Waals surface area contributed by atoms with E-state index in [1.54, 1.807) is 18.2 Å². The van der Waals surface area contributed by atoms with Crippen LogP contribution < -0.4 is 16.4 Å². The molecule has 0 bridgehead atoms. The van der Waals surface area contributed by atoms with E-state index in [1.165, 1.54) is 0 Å². The number of nitrogens with one attached hydrogen (secondary N) is 2. The molecule has 2 aliphatic heterocycles. The SMILES string of the molecule is NCCc1cccc(NCc2cccc3c2C(=O)N(C2CCC(=O)NC2=O)C3=O)c1. The molecule has 4 rings (SSSR count). The molecule has 4 amide bonds. The number of nitrogens with zero attached hydrogens (tertiary/aromatic N) is 1. The van der Waals surface area contributed by atoms with Crippen LogP contribution in [0.3, 0.4) is 0 Å². The summed E-state index contributed by atoms with van der Waals surface area (Å²) in [7, 11) is 0. The maximum atomic E-state index is 13.1. The number of rotatable bonds is 6. The molecule has 1 atom stereocenters. The van der Waals surface area contributed by atoms with Crippen LogP contribution in [0, 0.1) is 0 Å². The van der Waals surface area contributed by atoms with Crippen molar-refractivity contribution < 1.29 is 19.2 Å². The highest BCUT2D eigenvalue weighted by molar-refractivity contribution is 6.24. The fourth-order valence-electron chi connectivity index (χ4n) is 3.93. The van der Waals surface area contributed by atoms with E-state index in [-0.39, 0.29) is 18.4 Å². The molecule has 0 aliphatic carbocycles. The molecule has 8 heteroatoms. The lowest BCUT2D eigenvalue weighted by atomic mass is 10.0. The molecule has 2 aliphatic rings. The Morgan fingerprint density at radius 2 is 1.87 bits per heavy atom. The van der Waals surface area contributed by atoms with E-state index in [9.17, 15) is 19.2 Å². The van der Waals surface area contributed by atoms with E-state index in [0.717, 1.165) is 22.6 Å². The minimum absolute atomic E-state index is 0.0946. The first-order chi connectivity index (χ1) is 14.5. The summed E-state index contributed by atoms with van der Waals surface area (Å²) in [5, 5.41) is 5.49. The lowest BCUT2D eigenvalue weighted by Crippen LogP contribution is -2.54. The first-order valence-corrected chi connectivity index (χ1v) is 9.86. The minimum Gasteiger partial charge on any atom is -0.381 e. The van der Waals surface area contributed by atoms with Crippen molar-refractivity contribution in [3.05, 3.63) is 64.7 Å². The van der Waals surface area contributed by atoms with Gasteiger partial charge in [-0.2, -0.15) is 0 Å². The molecule has 4 N–H and O–H groups in total. The van der Waals surface area contributed by atoms with Crippen molar-refractivity contribution in [2.45, 2.75) is 31.8 Å². The second-order valence-electron chi connectivity index (χ2n) is 7.38. The molecule has 0 spiro atoms. The molecule has 30 heavy (non-hydrogen) atoms. The Morgan fingerprint density at radius 1 is 1.07 bits per heavy atom. The zero-order chi connectivity index (χ0) is 21.3. The summed E-state index contributed by atoms with van der Waals surface area (Å²) in [5.41, 5.74) is 8.86. The van der Waals surface area contributed by atoms with Crippen molar-refractivity contribution in [2.24, 2.45) is 5.73 Å². The third-order valence-corrected chi connectivity index (χ3v) is 5.40. The number of imide groups is 2. The zero-order valence-corrected chi connectivity index (χ0v) is 16.3. The predicted molar refractivity (Wildman–Crippen MR) is 110 cm³/mol. The van der Waals surface area contributed by atoms with Gasteiger partial charge in [0.25, 0.3) is 11.8 Å². The molecule has 154 valence electrons. The molecular formula is C22H22N4O4. The molecule has 2 heterocycles. The van der Waals surface area contributed by atoms with Gasteiger partial charge in [-0.25, -0.2) is 0 Å². The highest BCUT2D eigenvalue weighted by Crippen LogP contribution is 2.30. The summed E-state index contributed by atoms with van der Waals surface area (Å²) < 4.78 is 0. The number of nitrogens with two attached hydrogens (primary N) is 1. The monoisotopic (exact) mass is 406 g/mol. The van der Waals surface area contributed by atoms with E-state index in [0.29, 0.717) is 24.2 Å². The molecular weight excluding hydrogens is 384 g/mol. The van der Waals surface area contributed by atoms with Gasteiger partial charge in [-0.05, 0) is 48.7 Å². The van der Waals surface area contributed by atoms with Crippen LogP contribution in [0.1, 0.15) is 44.7 Å². The van der Waals surface area contributed by atoms with Crippen LogP contribution in [-0.4, -0.2) is 41.1 Å². The topological polar surface area (TPSA) is 122 Å². The molecule has 2 aromatic rings. The van der Waals surface area contributed by atoms with Gasteiger partial charge in [0.2, 0.25) is 11.8 Å². The highest BCUT2D eigenvalue weighted by Gasteiger charge is 2.45. The summed E-state index contributed by atoms with van der Waals surface area (Å²) >= 11 is 0. The normalized spacial score (nSPS) is 18.4. The fraction of sp³-hybridized carbons (Fsp3) is 0.273. The van der Waals surface area contributed by atoms with Crippen molar-refractivity contribution in [1.29, 1.82) is 0 Å². The van der Waals surface area contributed by atoms with Crippen molar-refractivity contribution in [1.82, 2.24) is 10.2 Å². The number of piperidine rings is 1. The summed E-state index contributed by atoms with van der Waals surface area (Å²) in [6, 6.07) is 12.0. The van der Waals surface area contributed by atoms with Crippen LogP contribution in [-0.2, 0) is 22.6 Å². The van der Waals surface area contributed by atoms with Crippen LogP contribution in [0.2, 0.25) is 0 Å². The summed E-state index contributed by atoms with van der Waals surface area (Å²) in [6.07, 6.45) is 0.999. The van der Waals surface area contributed by atoms with Crippen molar-refractivity contribution >= 4 is 29.3 Å². The number of carbonyl (C=O) groups is 4. The van der Waals surface area contributed by atoms with Crippen LogP contribution in [0.4, 0.5) is 5.69 Å². The predicted octanol–water partition coefficient (Wildman–Crippen LogP) is 1.20. The van der Waals surface area contributed by atoms with Crippen LogP contribution in [0.15, 0.2) is 42.5 Å². The molecule has 0 saturated carbocycles. The standard InChI is InChI=1S/C22H22N4O4/c23-10-9-13-3-1-5-15(11-13)24-12-14-4-2-6-16-19(14)22(30)26(21(16)29)17-7-8-18(27)25-20(17)28/h1-6,11,17,24H,7-10,12,23H2,(H,25,27,28). The number of carbonyl (C=O) groups excluding carboxylic acids is 4. The van der Waals surface area contributed by atoms with Crippen molar-refractivity contribution in [3.8, 4) is 0 Å². The first kappa shape index (κ1) is 19.8. The Bertz CT molecular complexity index is 1050. The highest BCUT2D eigenvalue weighted by atomic mass is 16.2. The fourth-order valence-corrected chi connectivity index (χ4v) is 3.93. The van der Waals surface area contributed by atoms with Gasteiger partial charge in [-0.15, -0.1) is 0 Å². The Balaban J connectivity index is 1.57. The molecule has 0 aromatic heterocycles. The lowest BCUT2D eigenvalue weighted by Gasteiger charge is -2.27. The number of hydrogen-bond acceptors (Lipinski definition) is 6. The van der Waals surface area contributed by atoms with Gasteiger partial charge in [-0.1, -0.05) is 24.3 Å². The first-order valence-electron chi connectivity index (χ1n) is 9.86. The Labute approximate surface area is 173 Å². The average molecular weight is 406 g/mol. The van der Waals surface area contributed by atoms with Crippen molar-refractivity contribution in [2.75, 3.05) is 11.9 Å². The second-order valence-corrected chi connectivity index (χ2v) is 7.38. The van der Waals surface area contributed by atoms with E-state index >= 15 is 0 Å². The number of hydrogen-bond donors (Lipinski definition) is 3. The van der Waals surface area contributed by atoms with Gasteiger partial charge in [0.1, 0.15) is 6.04 Å². The average Bonchev–Trinajstić information content (AvgIpc) is 2.98. The smallest absolute Gasteiger partial charge is 0.262 e. The van der Waals surface area contributed by atoms with Crippen LogP contribution in [0.25, 0.3) is 0 Å². The van der Waals surface area contributed by atoms with Crippen LogP contribution in [0.5, 0.6) is 0 Å². The number of amides is 4. The molecule has 1 fully saturated rings. The quantitative estimate of drug-likeness (QED) is 0.620. The lowest BCUT2D eigenvalue weighted by molar-refractivity contribution is -0.136. The van der Waals surface area contributed by atoms with Gasteiger partial charge >= 0.3 is 0 Å². The molecule has 1 saturated heterocycles. The third kappa shape index (κ3) is 3.57. The molecule has 1 unspecified atom stereocenters. The summed E-state index contributed by atoms with van der Waals surface area (Å²) in [4.78, 5) is 50.6. The van der Waals surface area contributed by atoms with E-state index < -0.39 is 29.7 Å². The minimum atomic E-state index is -0.969. The molecule has 8 nitrogen and oxygen atoms in total. The zero-order valence-electron chi connectivity index (χ0n) is 16.3. The van der Waals surface area contributed by atoms with Gasteiger partial charge in [0.15, 0.2) is 0 Å². The van der Waals surface area contributed by atoms with Gasteiger partial charge in [0, 0.05) is 18.7 Å².